The molecule has 1 aromatic heterocycles. The lowest BCUT2D eigenvalue weighted by Crippen LogP contribution is -2.48. The van der Waals surface area contributed by atoms with Crippen LogP contribution in [0.25, 0.3) is 0 Å². The molecule has 3 heterocycles. The summed E-state index contributed by atoms with van der Waals surface area (Å²) in [6, 6.07) is 1.86. The molecule has 27 heavy (non-hydrogen) atoms. The van der Waals surface area contributed by atoms with Crippen LogP contribution in [0.15, 0.2) is 23.5 Å². The summed E-state index contributed by atoms with van der Waals surface area (Å²) in [4.78, 5) is 17.8. The first kappa shape index (κ1) is 20.2. The molecule has 2 aliphatic heterocycles. The highest BCUT2D eigenvalue weighted by molar-refractivity contribution is 8.00. The van der Waals surface area contributed by atoms with E-state index >= 15 is 0 Å². The molecule has 0 amide bonds. The third-order valence-corrected chi connectivity index (χ3v) is 6.84. The summed E-state index contributed by atoms with van der Waals surface area (Å²) >= 11 is 2.08. The van der Waals surface area contributed by atoms with E-state index in [2.05, 4.69) is 54.1 Å². The van der Waals surface area contributed by atoms with Gasteiger partial charge in [0.25, 0.3) is 0 Å². The number of rotatable bonds is 7. The lowest BCUT2D eigenvalue weighted by atomic mass is 10.1. The Morgan fingerprint density at radius 3 is 2.67 bits per heavy atom. The first-order valence-electron chi connectivity index (χ1n) is 10.0. The van der Waals surface area contributed by atoms with Crippen molar-refractivity contribution in [2.45, 2.75) is 30.9 Å². The molecule has 1 aromatic rings. The molecule has 2 N–H and O–H groups in total. The van der Waals surface area contributed by atoms with Gasteiger partial charge in [0.2, 0.25) is 5.95 Å². The van der Waals surface area contributed by atoms with Crippen molar-refractivity contribution in [2.75, 3.05) is 63.5 Å². The summed E-state index contributed by atoms with van der Waals surface area (Å²) in [5, 5.41) is 6.96. The van der Waals surface area contributed by atoms with Gasteiger partial charge in [-0.3, -0.25) is 9.89 Å². The van der Waals surface area contributed by atoms with Crippen LogP contribution in [0.5, 0.6) is 0 Å². The van der Waals surface area contributed by atoms with Crippen LogP contribution in [0.3, 0.4) is 0 Å². The van der Waals surface area contributed by atoms with E-state index < -0.39 is 0 Å². The summed E-state index contributed by atoms with van der Waals surface area (Å²) < 4.78 is 0.361. The van der Waals surface area contributed by atoms with Crippen molar-refractivity contribution in [2.24, 2.45) is 4.99 Å². The zero-order chi connectivity index (χ0) is 19.0. The lowest BCUT2D eigenvalue weighted by Gasteiger charge is -2.34. The minimum atomic E-state index is 0.361. The van der Waals surface area contributed by atoms with Crippen molar-refractivity contribution < 1.29 is 0 Å². The molecular weight excluding hydrogens is 358 g/mol. The van der Waals surface area contributed by atoms with Crippen molar-refractivity contribution in [3.8, 4) is 0 Å². The first-order chi connectivity index (χ1) is 13.2. The van der Waals surface area contributed by atoms with Gasteiger partial charge >= 0.3 is 0 Å². The Hall–Kier alpha value is -1.54. The summed E-state index contributed by atoms with van der Waals surface area (Å²) in [5.41, 5.74) is 0. The molecule has 8 heteroatoms. The van der Waals surface area contributed by atoms with Crippen LogP contribution in [-0.4, -0.2) is 84.2 Å². The molecule has 2 aliphatic rings. The molecule has 0 saturated carbocycles. The number of anilines is 1. The molecule has 0 aliphatic carbocycles. The van der Waals surface area contributed by atoms with Crippen molar-refractivity contribution in [3.05, 3.63) is 18.5 Å². The fourth-order valence-corrected chi connectivity index (χ4v) is 4.85. The van der Waals surface area contributed by atoms with Gasteiger partial charge in [0.1, 0.15) is 0 Å². The molecule has 0 spiro atoms. The number of aromatic nitrogens is 2. The highest BCUT2D eigenvalue weighted by Crippen LogP contribution is 2.36. The van der Waals surface area contributed by atoms with Crippen molar-refractivity contribution in [1.82, 2.24) is 25.5 Å². The Morgan fingerprint density at radius 2 is 2.00 bits per heavy atom. The number of aliphatic imine (C=N–C) groups is 1. The summed E-state index contributed by atoms with van der Waals surface area (Å²) in [5.74, 6) is 3.06. The number of guanidine groups is 1. The fraction of sp³-hybridized carbons (Fsp3) is 0.737. The topological polar surface area (TPSA) is 68.7 Å². The molecule has 1 unspecified atom stereocenters. The molecule has 0 radical (unpaired) electrons. The van der Waals surface area contributed by atoms with Crippen LogP contribution in [0.1, 0.15) is 26.2 Å². The molecule has 2 saturated heterocycles. The largest absolute Gasteiger partial charge is 0.356 e. The maximum Gasteiger partial charge on any atom is 0.225 e. The number of piperazine rings is 1. The molecule has 1 atom stereocenters. The Labute approximate surface area is 167 Å². The normalized spacial score (nSPS) is 24.2. The Morgan fingerprint density at radius 1 is 1.22 bits per heavy atom. The third-order valence-electron chi connectivity index (χ3n) is 5.30. The van der Waals surface area contributed by atoms with E-state index in [-0.39, 0.29) is 0 Å². The second-order valence-electron chi connectivity index (χ2n) is 7.49. The molecular formula is C19H33N7S. The van der Waals surface area contributed by atoms with Gasteiger partial charge in [-0.1, -0.05) is 0 Å². The molecule has 0 aromatic carbocycles. The second kappa shape index (κ2) is 10.1. The average Bonchev–Trinajstić information content (AvgIpc) is 3.15. The summed E-state index contributed by atoms with van der Waals surface area (Å²) in [6.07, 6.45) is 7.37. The van der Waals surface area contributed by atoms with E-state index in [4.69, 9.17) is 0 Å². The minimum Gasteiger partial charge on any atom is -0.356 e. The number of nitrogens with zero attached hydrogens (tertiary/aromatic N) is 5. The number of hydrogen-bond donors (Lipinski definition) is 2. The highest BCUT2D eigenvalue weighted by atomic mass is 32.2. The predicted molar refractivity (Wildman–Crippen MR) is 115 cm³/mol. The van der Waals surface area contributed by atoms with Gasteiger partial charge in [0.05, 0.1) is 0 Å². The van der Waals surface area contributed by atoms with Crippen LogP contribution in [0.2, 0.25) is 0 Å². The molecule has 7 nitrogen and oxygen atoms in total. The zero-order valence-corrected chi connectivity index (χ0v) is 17.5. The number of nitrogens with one attached hydrogen (secondary N) is 2. The maximum absolute atomic E-state index is 4.36. The van der Waals surface area contributed by atoms with E-state index in [1.54, 1.807) is 0 Å². The fourth-order valence-electron chi connectivity index (χ4n) is 3.60. The van der Waals surface area contributed by atoms with E-state index in [0.29, 0.717) is 4.75 Å². The van der Waals surface area contributed by atoms with Crippen LogP contribution < -0.4 is 15.5 Å². The lowest BCUT2D eigenvalue weighted by molar-refractivity contribution is 0.254. The van der Waals surface area contributed by atoms with Crippen LogP contribution >= 0.6 is 11.8 Å². The molecule has 0 bridgehead atoms. The molecule has 3 rings (SSSR count). The Balaban J connectivity index is 1.28. The smallest absolute Gasteiger partial charge is 0.225 e. The van der Waals surface area contributed by atoms with Crippen LogP contribution in [0.4, 0.5) is 5.95 Å². The van der Waals surface area contributed by atoms with E-state index in [1.807, 2.05) is 25.5 Å². The molecule has 2 fully saturated rings. The summed E-state index contributed by atoms with van der Waals surface area (Å²) in [7, 11) is 1.85. The number of hydrogen-bond acceptors (Lipinski definition) is 6. The van der Waals surface area contributed by atoms with Gasteiger partial charge in [0.15, 0.2) is 5.96 Å². The van der Waals surface area contributed by atoms with Crippen molar-refractivity contribution in [3.63, 3.8) is 0 Å². The van der Waals surface area contributed by atoms with Gasteiger partial charge < -0.3 is 15.5 Å². The average molecular weight is 392 g/mol. The SMILES string of the molecule is CN=C(NCCCN1CCN(c2ncccn2)CC1)NCC1(C)CCCS1. The van der Waals surface area contributed by atoms with Gasteiger partial charge in [-0.25, -0.2) is 9.97 Å². The Bertz CT molecular complexity index is 581. The standard InChI is InChI=1S/C19H33N7S/c1-19(6-3-15-27-19)16-24-17(20-2)21-9-5-10-25-11-13-26(14-12-25)18-22-7-4-8-23-18/h4,7-8H,3,5-6,9-16H2,1-2H3,(H2,20,21,24). The Kier molecular flexibility index (Phi) is 7.58. The number of thioether (sulfide) groups is 1. The van der Waals surface area contributed by atoms with Gasteiger partial charge in [0, 0.05) is 63.5 Å². The highest BCUT2D eigenvalue weighted by Gasteiger charge is 2.29. The third kappa shape index (κ3) is 6.24. The van der Waals surface area contributed by atoms with Gasteiger partial charge in [-0.05, 0) is 44.6 Å². The quantitative estimate of drug-likeness (QED) is 0.414. The van der Waals surface area contributed by atoms with Crippen LogP contribution in [0, 0.1) is 0 Å². The predicted octanol–water partition coefficient (Wildman–Crippen LogP) is 1.44. The van der Waals surface area contributed by atoms with E-state index in [9.17, 15) is 0 Å². The van der Waals surface area contributed by atoms with E-state index in [0.717, 1.165) is 64.1 Å². The second-order valence-corrected chi connectivity index (χ2v) is 9.17. The van der Waals surface area contributed by atoms with Gasteiger partial charge in [-0.15, -0.1) is 0 Å². The zero-order valence-electron chi connectivity index (χ0n) is 16.7. The monoisotopic (exact) mass is 391 g/mol. The van der Waals surface area contributed by atoms with Crippen molar-refractivity contribution >= 4 is 23.7 Å². The van der Waals surface area contributed by atoms with Crippen LogP contribution in [-0.2, 0) is 0 Å². The van der Waals surface area contributed by atoms with E-state index in [1.165, 1.54) is 18.6 Å². The van der Waals surface area contributed by atoms with Crippen molar-refractivity contribution in [1.29, 1.82) is 0 Å². The first-order valence-corrected chi connectivity index (χ1v) is 11.0. The minimum absolute atomic E-state index is 0.361. The van der Waals surface area contributed by atoms with Gasteiger partial charge in [-0.2, -0.15) is 11.8 Å². The molecule has 150 valence electrons. The summed E-state index contributed by atoms with van der Waals surface area (Å²) in [6.45, 7) is 9.54. The maximum atomic E-state index is 4.36.